The Morgan fingerprint density at radius 2 is 1.96 bits per heavy atom. The molecule has 3 N–H and O–H groups in total. The maximum Gasteiger partial charge on any atom is 0.275 e. The summed E-state index contributed by atoms with van der Waals surface area (Å²) in [6.07, 6.45) is 0. The number of aryl methyl sites for hydroxylation is 2. The molecule has 0 atom stereocenters. The molecule has 0 spiro atoms. The molecule has 0 aliphatic carbocycles. The van der Waals surface area contributed by atoms with E-state index >= 15 is 0 Å². The van der Waals surface area contributed by atoms with Crippen molar-refractivity contribution in [3.05, 3.63) is 53.2 Å². The zero-order valence-electron chi connectivity index (χ0n) is 15.5. The summed E-state index contributed by atoms with van der Waals surface area (Å²) in [5.41, 5.74) is 4.16. The molecule has 0 unspecified atom stereocenters. The van der Waals surface area contributed by atoms with E-state index in [1.165, 1.54) is 11.3 Å². The fraction of sp³-hybridized carbons (Fsp3) is 0.150. The summed E-state index contributed by atoms with van der Waals surface area (Å²) in [7, 11) is 1.61. The van der Waals surface area contributed by atoms with E-state index in [1.54, 1.807) is 19.2 Å². The summed E-state index contributed by atoms with van der Waals surface area (Å²) in [5.74, 6) is 0.509. The lowest BCUT2D eigenvalue weighted by molar-refractivity contribution is 0.102. The SMILES string of the molecule is COc1ccc2nc(NC(=O)c3cc(-c4cc(C)c(C)cc4O)n[nH]3)sc2c1. The number of nitrogens with zero attached hydrogens (tertiary/aromatic N) is 2. The molecule has 2 aromatic heterocycles. The van der Waals surface area contributed by atoms with Crippen LogP contribution in [-0.4, -0.2) is 33.3 Å². The number of hydrogen-bond donors (Lipinski definition) is 3. The van der Waals surface area contributed by atoms with Crippen LogP contribution in [0.15, 0.2) is 36.4 Å². The normalized spacial score (nSPS) is 11.0. The first-order valence-corrected chi connectivity index (χ1v) is 9.38. The molecule has 0 aliphatic heterocycles. The first-order valence-electron chi connectivity index (χ1n) is 8.56. The third-order valence-corrected chi connectivity index (χ3v) is 5.46. The summed E-state index contributed by atoms with van der Waals surface area (Å²) in [6, 6.07) is 10.7. The summed E-state index contributed by atoms with van der Waals surface area (Å²) in [4.78, 5) is 17.0. The minimum atomic E-state index is -0.354. The number of thiazole rings is 1. The molecule has 2 heterocycles. The van der Waals surface area contributed by atoms with Crippen LogP contribution in [0, 0.1) is 13.8 Å². The molecule has 28 heavy (non-hydrogen) atoms. The molecule has 7 nitrogen and oxygen atoms in total. The smallest absolute Gasteiger partial charge is 0.275 e. The second kappa shape index (κ2) is 6.97. The number of anilines is 1. The van der Waals surface area contributed by atoms with Crippen LogP contribution in [0.1, 0.15) is 21.6 Å². The molecule has 142 valence electrons. The van der Waals surface area contributed by atoms with Crippen molar-refractivity contribution in [1.29, 1.82) is 0 Å². The highest BCUT2D eigenvalue weighted by Crippen LogP contribution is 2.32. The highest BCUT2D eigenvalue weighted by Gasteiger charge is 2.16. The van der Waals surface area contributed by atoms with Gasteiger partial charge in [-0.3, -0.25) is 15.2 Å². The molecule has 0 saturated carbocycles. The fourth-order valence-electron chi connectivity index (χ4n) is 2.83. The third-order valence-electron chi connectivity index (χ3n) is 4.53. The lowest BCUT2D eigenvalue weighted by atomic mass is 10.0. The molecule has 0 bridgehead atoms. The summed E-state index contributed by atoms with van der Waals surface area (Å²) in [5, 5.41) is 20.4. The van der Waals surface area contributed by atoms with Gasteiger partial charge in [0, 0.05) is 5.56 Å². The number of carbonyl (C=O) groups excluding carboxylic acids is 1. The van der Waals surface area contributed by atoms with Gasteiger partial charge < -0.3 is 9.84 Å². The van der Waals surface area contributed by atoms with Gasteiger partial charge in [-0.1, -0.05) is 11.3 Å². The van der Waals surface area contributed by atoms with E-state index in [9.17, 15) is 9.90 Å². The van der Waals surface area contributed by atoms with Crippen LogP contribution in [0.4, 0.5) is 5.13 Å². The Kier molecular flexibility index (Phi) is 4.48. The topological polar surface area (TPSA) is 100 Å². The van der Waals surface area contributed by atoms with Gasteiger partial charge in [-0.2, -0.15) is 5.10 Å². The summed E-state index contributed by atoms with van der Waals surface area (Å²) >= 11 is 1.36. The second-order valence-corrected chi connectivity index (χ2v) is 7.46. The van der Waals surface area contributed by atoms with Crippen LogP contribution < -0.4 is 10.1 Å². The number of hydrogen-bond acceptors (Lipinski definition) is 6. The van der Waals surface area contributed by atoms with Gasteiger partial charge in [0.05, 0.1) is 23.0 Å². The van der Waals surface area contributed by atoms with Crippen LogP contribution in [0.3, 0.4) is 0 Å². The van der Waals surface area contributed by atoms with Crippen molar-refractivity contribution < 1.29 is 14.6 Å². The van der Waals surface area contributed by atoms with Crippen molar-refractivity contribution in [1.82, 2.24) is 15.2 Å². The molecule has 2 aromatic carbocycles. The molecular formula is C20H18N4O3S. The Balaban J connectivity index is 1.57. The number of fused-ring (bicyclic) bond motifs is 1. The van der Waals surface area contributed by atoms with E-state index < -0.39 is 0 Å². The van der Waals surface area contributed by atoms with E-state index in [-0.39, 0.29) is 17.4 Å². The first kappa shape index (κ1) is 18.0. The number of rotatable bonds is 4. The fourth-order valence-corrected chi connectivity index (χ4v) is 3.72. The molecule has 4 rings (SSSR count). The number of phenols is 1. The highest BCUT2D eigenvalue weighted by molar-refractivity contribution is 7.22. The number of carbonyl (C=O) groups is 1. The van der Waals surface area contributed by atoms with Gasteiger partial charge >= 0.3 is 0 Å². The zero-order valence-corrected chi connectivity index (χ0v) is 16.3. The van der Waals surface area contributed by atoms with E-state index in [1.807, 2.05) is 38.1 Å². The van der Waals surface area contributed by atoms with Gasteiger partial charge in [0.25, 0.3) is 5.91 Å². The molecule has 4 aromatic rings. The number of methoxy groups -OCH3 is 1. The number of aromatic amines is 1. The van der Waals surface area contributed by atoms with E-state index in [0.29, 0.717) is 16.4 Å². The van der Waals surface area contributed by atoms with Crippen LogP contribution in [-0.2, 0) is 0 Å². The molecule has 0 saturated heterocycles. The number of amides is 1. The second-order valence-electron chi connectivity index (χ2n) is 6.43. The molecule has 0 aliphatic rings. The van der Waals surface area contributed by atoms with E-state index in [4.69, 9.17) is 4.74 Å². The van der Waals surface area contributed by atoms with Gasteiger partial charge in [0.2, 0.25) is 0 Å². The quantitative estimate of drug-likeness (QED) is 0.480. The van der Waals surface area contributed by atoms with Crippen molar-refractivity contribution >= 4 is 32.6 Å². The third kappa shape index (κ3) is 3.29. The Morgan fingerprint density at radius 1 is 1.18 bits per heavy atom. The predicted octanol–water partition coefficient (Wildman–Crippen LogP) is 4.27. The Bertz CT molecular complexity index is 1200. The summed E-state index contributed by atoms with van der Waals surface area (Å²) in [6.45, 7) is 3.89. The van der Waals surface area contributed by atoms with Crippen LogP contribution in [0.5, 0.6) is 11.5 Å². The molecule has 0 fully saturated rings. The maximum atomic E-state index is 12.6. The number of phenolic OH excluding ortho intramolecular Hbond substituents is 1. The van der Waals surface area contributed by atoms with Crippen LogP contribution in [0.25, 0.3) is 21.5 Å². The number of nitrogens with one attached hydrogen (secondary N) is 2. The monoisotopic (exact) mass is 394 g/mol. The molecule has 8 heteroatoms. The lowest BCUT2D eigenvalue weighted by Gasteiger charge is -2.05. The predicted molar refractivity (Wildman–Crippen MR) is 109 cm³/mol. The number of benzene rings is 2. The molecule has 0 radical (unpaired) electrons. The van der Waals surface area contributed by atoms with E-state index in [2.05, 4.69) is 20.5 Å². The standard InChI is InChI=1S/C20H18N4O3S/c1-10-6-13(17(25)7-11(10)2)15-9-16(24-23-15)19(26)22-20-21-14-5-4-12(27-3)8-18(14)28-20/h4-9,25H,1-3H3,(H,23,24)(H,21,22,26). The zero-order chi connectivity index (χ0) is 19.8. The average Bonchev–Trinajstić information content (AvgIpc) is 3.30. The van der Waals surface area contributed by atoms with Gasteiger partial charge in [0.15, 0.2) is 5.13 Å². The minimum Gasteiger partial charge on any atom is -0.507 e. The number of ether oxygens (including phenoxy) is 1. The van der Waals surface area contributed by atoms with Crippen molar-refractivity contribution in [2.24, 2.45) is 0 Å². The Labute approximate surface area is 165 Å². The van der Waals surface area contributed by atoms with Gasteiger partial charge in [-0.25, -0.2) is 4.98 Å². The highest BCUT2D eigenvalue weighted by atomic mass is 32.1. The van der Waals surface area contributed by atoms with Crippen molar-refractivity contribution in [3.63, 3.8) is 0 Å². The maximum absolute atomic E-state index is 12.6. The van der Waals surface area contributed by atoms with Gasteiger partial charge in [-0.15, -0.1) is 0 Å². The van der Waals surface area contributed by atoms with Gasteiger partial charge in [-0.05, 0) is 61.4 Å². The number of aromatic nitrogens is 3. The van der Waals surface area contributed by atoms with Crippen molar-refractivity contribution in [2.75, 3.05) is 12.4 Å². The van der Waals surface area contributed by atoms with Crippen LogP contribution in [0.2, 0.25) is 0 Å². The van der Waals surface area contributed by atoms with Gasteiger partial charge in [0.1, 0.15) is 17.2 Å². The van der Waals surface area contributed by atoms with E-state index in [0.717, 1.165) is 27.1 Å². The summed E-state index contributed by atoms with van der Waals surface area (Å²) < 4.78 is 6.13. The van der Waals surface area contributed by atoms with Crippen molar-refractivity contribution in [2.45, 2.75) is 13.8 Å². The van der Waals surface area contributed by atoms with Crippen LogP contribution >= 0.6 is 11.3 Å². The Hall–Kier alpha value is -3.39. The minimum absolute atomic E-state index is 0.127. The molecular weight excluding hydrogens is 376 g/mol. The molecule has 1 amide bonds. The largest absolute Gasteiger partial charge is 0.507 e. The number of aromatic hydroxyl groups is 1. The lowest BCUT2D eigenvalue weighted by Crippen LogP contribution is -2.11. The number of H-pyrrole nitrogens is 1. The average molecular weight is 394 g/mol. The first-order chi connectivity index (χ1) is 13.4. The Morgan fingerprint density at radius 3 is 2.75 bits per heavy atom. The van der Waals surface area contributed by atoms with Crippen molar-refractivity contribution in [3.8, 4) is 22.8 Å².